The number of thiophene rings is 1. The molecule has 4 aromatic rings. The van der Waals surface area contributed by atoms with Gasteiger partial charge < -0.3 is 10.6 Å². The summed E-state index contributed by atoms with van der Waals surface area (Å²) in [7, 11) is 0. The zero-order chi connectivity index (χ0) is 20.9. The summed E-state index contributed by atoms with van der Waals surface area (Å²) in [6, 6.07) is 24.5. The molecule has 0 radical (unpaired) electrons. The number of anilines is 2. The average Bonchev–Trinajstić information content (AvgIpc) is 3.13. The monoisotopic (exact) mass is 433 g/mol. The van der Waals surface area contributed by atoms with Gasteiger partial charge in [-0.2, -0.15) is 0 Å². The maximum atomic E-state index is 12.8. The highest BCUT2D eigenvalue weighted by molar-refractivity contribution is 7.16. The molecule has 4 nitrogen and oxygen atoms in total. The fraction of sp³-hybridized carbons (Fsp3) is 0.0833. The summed E-state index contributed by atoms with van der Waals surface area (Å²) in [4.78, 5) is 18.3. The van der Waals surface area contributed by atoms with Crippen molar-refractivity contribution in [3.63, 3.8) is 0 Å². The van der Waals surface area contributed by atoms with Crippen LogP contribution in [0.15, 0.2) is 85.1 Å². The highest BCUT2D eigenvalue weighted by atomic mass is 35.5. The summed E-state index contributed by atoms with van der Waals surface area (Å²) < 4.78 is 0. The van der Waals surface area contributed by atoms with E-state index in [-0.39, 0.29) is 11.9 Å². The topological polar surface area (TPSA) is 54.0 Å². The summed E-state index contributed by atoms with van der Waals surface area (Å²) in [6.45, 7) is 2.03. The number of rotatable bonds is 6. The Balaban J connectivity index is 1.72. The normalized spacial score (nSPS) is 11.7. The minimum Gasteiger partial charge on any atom is -0.359 e. The molecule has 1 amide bonds. The number of aryl methyl sites for hydroxylation is 1. The van der Waals surface area contributed by atoms with Crippen molar-refractivity contribution in [3.05, 3.63) is 112 Å². The first-order valence-corrected chi connectivity index (χ1v) is 10.7. The molecule has 2 aromatic heterocycles. The number of pyridine rings is 1. The Morgan fingerprint density at radius 2 is 1.80 bits per heavy atom. The van der Waals surface area contributed by atoms with Crippen molar-refractivity contribution in [2.24, 2.45) is 0 Å². The number of carbonyl (C=O) groups is 1. The molecule has 4 rings (SSSR count). The minimum atomic E-state index is -0.227. The third-order valence-corrected chi connectivity index (χ3v) is 5.81. The Morgan fingerprint density at radius 1 is 1.00 bits per heavy atom. The van der Waals surface area contributed by atoms with Crippen molar-refractivity contribution >= 4 is 39.7 Å². The average molecular weight is 434 g/mol. The van der Waals surface area contributed by atoms with Crippen molar-refractivity contribution in [2.75, 3.05) is 10.6 Å². The van der Waals surface area contributed by atoms with Gasteiger partial charge in [-0.3, -0.25) is 4.79 Å². The molecular formula is C24H20ClN3OS. The molecule has 1 atom stereocenters. The molecule has 0 aliphatic carbocycles. The third-order valence-electron chi connectivity index (χ3n) is 4.60. The molecule has 0 spiro atoms. The number of hydrogen-bond acceptors (Lipinski definition) is 4. The van der Waals surface area contributed by atoms with Gasteiger partial charge in [0.15, 0.2) is 0 Å². The zero-order valence-electron chi connectivity index (χ0n) is 16.3. The van der Waals surface area contributed by atoms with Crippen LogP contribution in [0, 0.1) is 6.92 Å². The smallest absolute Gasteiger partial charge is 0.256 e. The minimum absolute atomic E-state index is 0.138. The van der Waals surface area contributed by atoms with Crippen LogP contribution < -0.4 is 10.6 Å². The van der Waals surface area contributed by atoms with Gasteiger partial charge in [-0.25, -0.2) is 4.98 Å². The van der Waals surface area contributed by atoms with E-state index in [0.29, 0.717) is 10.6 Å². The fourth-order valence-corrected chi connectivity index (χ4v) is 4.38. The van der Waals surface area contributed by atoms with E-state index in [1.165, 1.54) is 0 Å². The van der Waals surface area contributed by atoms with Crippen LogP contribution in [0.3, 0.4) is 0 Å². The molecule has 0 saturated carbocycles. The van der Waals surface area contributed by atoms with Crippen molar-refractivity contribution in [3.8, 4) is 0 Å². The lowest BCUT2D eigenvalue weighted by molar-refractivity contribution is 0.102. The first-order chi connectivity index (χ1) is 14.6. The molecule has 2 aromatic carbocycles. The molecule has 0 aliphatic heterocycles. The third kappa shape index (κ3) is 4.70. The lowest BCUT2D eigenvalue weighted by Crippen LogP contribution is -2.17. The number of hydrogen-bond donors (Lipinski definition) is 2. The van der Waals surface area contributed by atoms with E-state index < -0.39 is 0 Å². The van der Waals surface area contributed by atoms with E-state index >= 15 is 0 Å². The molecule has 150 valence electrons. The first-order valence-electron chi connectivity index (χ1n) is 9.50. The number of benzene rings is 2. The Hall–Kier alpha value is -3.15. The number of halogens is 1. The van der Waals surface area contributed by atoms with Crippen LogP contribution in [0.1, 0.15) is 32.4 Å². The summed E-state index contributed by atoms with van der Waals surface area (Å²) >= 11 is 7.83. The van der Waals surface area contributed by atoms with Crippen LogP contribution >= 0.6 is 22.9 Å². The molecular weight excluding hydrogens is 414 g/mol. The molecule has 0 unspecified atom stereocenters. The van der Waals surface area contributed by atoms with E-state index in [1.807, 2.05) is 67.6 Å². The Morgan fingerprint density at radius 3 is 2.53 bits per heavy atom. The number of aromatic nitrogens is 1. The second-order valence-corrected chi connectivity index (χ2v) is 8.50. The SMILES string of the molecule is Cc1cc([C@@H](Nc2ccccn2)c2cccc(Cl)c2)c(NC(=O)c2ccccc2)s1. The summed E-state index contributed by atoms with van der Waals surface area (Å²) in [5, 5.41) is 8.03. The molecule has 0 fully saturated rings. The van der Waals surface area contributed by atoms with Gasteiger partial charge in [0.05, 0.1) is 6.04 Å². The molecule has 6 heteroatoms. The van der Waals surface area contributed by atoms with Crippen molar-refractivity contribution in [2.45, 2.75) is 13.0 Å². The van der Waals surface area contributed by atoms with Crippen molar-refractivity contribution < 1.29 is 4.79 Å². The highest BCUT2D eigenvalue weighted by Gasteiger charge is 2.22. The van der Waals surface area contributed by atoms with E-state index in [2.05, 4.69) is 21.7 Å². The van der Waals surface area contributed by atoms with Gasteiger partial charge in [-0.15, -0.1) is 11.3 Å². The van der Waals surface area contributed by atoms with Gasteiger partial charge in [0.25, 0.3) is 5.91 Å². The number of nitrogens with zero attached hydrogens (tertiary/aromatic N) is 1. The van der Waals surface area contributed by atoms with Gasteiger partial charge in [0.2, 0.25) is 0 Å². The van der Waals surface area contributed by atoms with Gasteiger partial charge in [0, 0.05) is 27.2 Å². The highest BCUT2D eigenvalue weighted by Crippen LogP contribution is 2.38. The van der Waals surface area contributed by atoms with Gasteiger partial charge in [0.1, 0.15) is 10.8 Å². The Bertz CT molecular complexity index is 1150. The number of amides is 1. The molecule has 30 heavy (non-hydrogen) atoms. The lowest BCUT2D eigenvalue weighted by Gasteiger charge is -2.21. The fourth-order valence-electron chi connectivity index (χ4n) is 3.23. The summed E-state index contributed by atoms with van der Waals surface area (Å²) in [6.07, 6.45) is 1.74. The molecule has 0 bridgehead atoms. The van der Waals surface area contributed by atoms with Crippen molar-refractivity contribution in [1.82, 2.24) is 4.98 Å². The Kier molecular flexibility index (Phi) is 6.12. The van der Waals surface area contributed by atoms with Gasteiger partial charge in [-0.1, -0.05) is 48.0 Å². The van der Waals surface area contributed by atoms with E-state index in [1.54, 1.807) is 29.7 Å². The lowest BCUT2D eigenvalue weighted by atomic mass is 10.00. The zero-order valence-corrected chi connectivity index (χ0v) is 17.9. The van der Waals surface area contributed by atoms with Crippen LogP contribution in [-0.2, 0) is 0 Å². The van der Waals surface area contributed by atoms with Gasteiger partial charge in [-0.05, 0) is 55.0 Å². The van der Waals surface area contributed by atoms with Crippen LogP contribution in [0.4, 0.5) is 10.8 Å². The van der Waals surface area contributed by atoms with Crippen molar-refractivity contribution in [1.29, 1.82) is 0 Å². The maximum absolute atomic E-state index is 12.8. The van der Waals surface area contributed by atoms with Crippen LogP contribution in [0.2, 0.25) is 5.02 Å². The molecule has 0 saturated heterocycles. The largest absolute Gasteiger partial charge is 0.359 e. The van der Waals surface area contributed by atoms with Crippen LogP contribution in [-0.4, -0.2) is 10.9 Å². The quantitative estimate of drug-likeness (QED) is 0.362. The maximum Gasteiger partial charge on any atom is 0.256 e. The second kappa shape index (κ2) is 9.11. The summed E-state index contributed by atoms with van der Waals surface area (Å²) in [5.41, 5.74) is 2.57. The predicted molar refractivity (Wildman–Crippen MR) is 125 cm³/mol. The predicted octanol–water partition coefficient (Wildman–Crippen LogP) is 6.56. The molecule has 2 heterocycles. The number of nitrogens with one attached hydrogen (secondary N) is 2. The van der Waals surface area contributed by atoms with Gasteiger partial charge >= 0.3 is 0 Å². The first kappa shape index (κ1) is 20.1. The van der Waals surface area contributed by atoms with E-state index in [9.17, 15) is 4.79 Å². The van der Waals surface area contributed by atoms with Crippen LogP contribution in [0.5, 0.6) is 0 Å². The van der Waals surface area contributed by atoms with E-state index in [0.717, 1.165) is 26.8 Å². The standard InChI is InChI=1S/C24H20ClN3OS/c1-16-14-20(24(30-16)28-23(29)17-8-3-2-4-9-17)22(18-10-7-11-19(25)15-18)27-21-12-5-6-13-26-21/h2-15,22H,1H3,(H,26,27)(H,28,29)/t22-/m0/s1. The summed E-state index contributed by atoms with van der Waals surface area (Å²) in [5.74, 6) is 0.605. The van der Waals surface area contributed by atoms with Crippen LogP contribution in [0.25, 0.3) is 0 Å². The number of carbonyl (C=O) groups excluding carboxylic acids is 1. The molecule has 0 aliphatic rings. The van der Waals surface area contributed by atoms with E-state index in [4.69, 9.17) is 11.6 Å². The molecule has 2 N–H and O–H groups in total. The Labute approximate surface area is 184 Å². The second-order valence-electron chi connectivity index (χ2n) is 6.81.